The number of imidazole rings is 1. The van der Waals surface area contributed by atoms with Crippen LogP contribution < -0.4 is 5.73 Å². The van der Waals surface area contributed by atoms with Crippen molar-refractivity contribution >= 4 is 17.4 Å². The Kier molecular flexibility index (Phi) is 5.23. The molecule has 114 valence electrons. The van der Waals surface area contributed by atoms with Gasteiger partial charge in [0.1, 0.15) is 23.2 Å². The summed E-state index contributed by atoms with van der Waals surface area (Å²) in [4.78, 5) is 4.65. The number of benzene rings is 1. The van der Waals surface area contributed by atoms with Crippen LogP contribution in [0.3, 0.4) is 0 Å². The van der Waals surface area contributed by atoms with E-state index in [4.69, 9.17) is 17.3 Å². The molecule has 2 rings (SSSR count). The zero-order valence-electron chi connectivity index (χ0n) is 12.5. The van der Waals surface area contributed by atoms with Gasteiger partial charge in [0.2, 0.25) is 0 Å². The average molecular weight is 310 g/mol. The van der Waals surface area contributed by atoms with E-state index in [1.165, 1.54) is 6.07 Å². The predicted molar refractivity (Wildman–Crippen MR) is 85.9 cm³/mol. The van der Waals surface area contributed by atoms with Crippen molar-refractivity contribution in [2.75, 3.05) is 5.73 Å². The molecule has 0 saturated carbocycles. The molecule has 2 N–H and O–H groups in total. The maximum atomic E-state index is 13.3. The number of hydrogen-bond acceptors (Lipinski definition) is 2. The summed E-state index contributed by atoms with van der Waals surface area (Å²) in [6.07, 6.45) is 4.04. The summed E-state index contributed by atoms with van der Waals surface area (Å²) in [5.41, 5.74) is 7.71. The first-order chi connectivity index (χ1) is 10.1. The van der Waals surface area contributed by atoms with Gasteiger partial charge in [-0.3, -0.25) is 0 Å². The molecule has 0 bridgehead atoms. The van der Waals surface area contributed by atoms with Crippen LogP contribution in [0.25, 0.3) is 11.3 Å². The summed E-state index contributed by atoms with van der Waals surface area (Å²) in [5, 5.41) is 0.0899. The van der Waals surface area contributed by atoms with Crippen LogP contribution in [0.15, 0.2) is 18.2 Å². The molecule has 21 heavy (non-hydrogen) atoms. The monoisotopic (exact) mass is 309 g/mol. The minimum Gasteiger partial charge on any atom is -0.383 e. The minimum atomic E-state index is -0.432. The molecule has 0 radical (unpaired) electrons. The molecule has 1 heterocycles. The number of nitrogens with two attached hydrogens (primary N) is 1. The Morgan fingerprint density at radius 3 is 2.67 bits per heavy atom. The third kappa shape index (κ3) is 3.38. The first-order valence-corrected chi connectivity index (χ1v) is 7.76. The van der Waals surface area contributed by atoms with Crippen molar-refractivity contribution in [3.63, 3.8) is 0 Å². The zero-order chi connectivity index (χ0) is 15.4. The summed E-state index contributed by atoms with van der Waals surface area (Å²) in [7, 11) is 0. The van der Waals surface area contributed by atoms with E-state index in [0.29, 0.717) is 11.5 Å². The Bertz CT molecular complexity index is 622. The maximum Gasteiger partial charge on any atom is 0.141 e. The Morgan fingerprint density at radius 2 is 2.05 bits per heavy atom. The van der Waals surface area contributed by atoms with E-state index in [1.807, 2.05) is 0 Å². The van der Waals surface area contributed by atoms with Crippen molar-refractivity contribution in [2.45, 2.75) is 46.1 Å². The van der Waals surface area contributed by atoms with E-state index in [-0.39, 0.29) is 5.02 Å². The molecule has 0 aliphatic carbocycles. The highest BCUT2D eigenvalue weighted by Gasteiger charge is 2.16. The smallest absolute Gasteiger partial charge is 0.141 e. The van der Waals surface area contributed by atoms with Crippen LogP contribution in [0, 0.1) is 5.82 Å². The van der Waals surface area contributed by atoms with Gasteiger partial charge in [0, 0.05) is 18.5 Å². The number of anilines is 1. The minimum absolute atomic E-state index is 0.0899. The first kappa shape index (κ1) is 15.8. The van der Waals surface area contributed by atoms with E-state index in [9.17, 15) is 4.39 Å². The molecule has 1 aromatic carbocycles. The summed E-state index contributed by atoms with van der Waals surface area (Å²) in [6, 6.07) is 4.59. The van der Waals surface area contributed by atoms with E-state index in [2.05, 4.69) is 23.4 Å². The number of aryl methyl sites for hydroxylation is 1. The quantitative estimate of drug-likeness (QED) is 0.842. The van der Waals surface area contributed by atoms with Gasteiger partial charge in [-0.2, -0.15) is 0 Å². The number of nitrogens with zero attached hydrogens (tertiary/aromatic N) is 2. The number of hydrogen-bond donors (Lipinski definition) is 1. The van der Waals surface area contributed by atoms with Gasteiger partial charge in [-0.15, -0.1) is 0 Å². The Hall–Kier alpha value is -1.55. The van der Waals surface area contributed by atoms with Crippen LogP contribution in [0.5, 0.6) is 0 Å². The molecule has 2 aromatic rings. The average Bonchev–Trinajstić information content (AvgIpc) is 2.77. The molecule has 0 aliphatic rings. The van der Waals surface area contributed by atoms with Crippen molar-refractivity contribution in [2.24, 2.45) is 0 Å². The highest BCUT2D eigenvalue weighted by atomic mass is 35.5. The number of nitrogen functional groups attached to an aromatic ring is 1. The SMILES string of the molecule is CCCCn1c(CCC)nc(-c2ccc(F)c(Cl)c2)c1N. The van der Waals surface area contributed by atoms with E-state index >= 15 is 0 Å². The lowest BCUT2D eigenvalue weighted by Crippen LogP contribution is -2.07. The number of halogens is 2. The van der Waals surface area contributed by atoms with Crippen LogP contribution in [0.2, 0.25) is 5.02 Å². The lowest BCUT2D eigenvalue weighted by molar-refractivity contribution is 0.604. The van der Waals surface area contributed by atoms with Gasteiger partial charge in [-0.1, -0.05) is 31.9 Å². The van der Waals surface area contributed by atoms with Gasteiger partial charge >= 0.3 is 0 Å². The van der Waals surface area contributed by atoms with Crippen LogP contribution >= 0.6 is 11.6 Å². The predicted octanol–water partition coefficient (Wildman–Crippen LogP) is 4.68. The summed E-state index contributed by atoms with van der Waals surface area (Å²) < 4.78 is 15.4. The van der Waals surface area contributed by atoms with Crippen LogP contribution in [0.1, 0.15) is 38.9 Å². The molecule has 5 heteroatoms. The van der Waals surface area contributed by atoms with E-state index < -0.39 is 5.82 Å². The summed E-state index contributed by atoms with van der Waals surface area (Å²) in [5.74, 6) is 1.19. The fourth-order valence-corrected chi connectivity index (χ4v) is 2.53. The topological polar surface area (TPSA) is 43.8 Å². The van der Waals surface area contributed by atoms with Gasteiger partial charge in [0.15, 0.2) is 0 Å². The molecule has 0 atom stereocenters. The molecule has 0 fully saturated rings. The first-order valence-electron chi connectivity index (χ1n) is 7.38. The highest BCUT2D eigenvalue weighted by molar-refractivity contribution is 6.31. The summed E-state index contributed by atoms with van der Waals surface area (Å²) >= 11 is 5.86. The Morgan fingerprint density at radius 1 is 1.29 bits per heavy atom. The van der Waals surface area contributed by atoms with E-state index in [0.717, 1.165) is 43.6 Å². The number of unbranched alkanes of at least 4 members (excludes halogenated alkanes) is 1. The molecule has 0 spiro atoms. The van der Waals surface area contributed by atoms with Gasteiger partial charge in [0.05, 0.1) is 5.02 Å². The molecule has 3 nitrogen and oxygen atoms in total. The second-order valence-corrected chi connectivity index (χ2v) is 5.55. The van der Waals surface area contributed by atoms with Crippen molar-refractivity contribution < 1.29 is 4.39 Å². The zero-order valence-corrected chi connectivity index (χ0v) is 13.3. The van der Waals surface area contributed by atoms with Crippen molar-refractivity contribution in [1.82, 2.24) is 9.55 Å². The Balaban J connectivity index is 2.45. The van der Waals surface area contributed by atoms with Crippen LogP contribution in [-0.4, -0.2) is 9.55 Å². The molecular formula is C16H21ClFN3. The molecule has 0 amide bonds. The number of aromatic nitrogens is 2. The highest BCUT2D eigenvalue weighted by Crippen LogP contribution is 2.30. The van der Waals surface area contributed by atoms with Crippen molar-refractivity contribution in [1.29, 1.82) is 0 Å². The standard InChI is InChI=1S/C16H21ClFN3/c1-3-5-9-21-14(6-4-2)20-15(16(21)19)11-7-8-13(18)12(17)10-11/h7-8,10H,3-6,9,19H2,1-2H3. The molecule has 1 aromatic heterocycles. The van der Waals surface area contributed by atoms with Crippen molar-refractivity contribution in [3.05, 3.63) is 34.9 Å². The van der Waals surface area contributed by atoms with Gasteiger partial charge in [-0.25, -0.2) is 9.37 Å². The van der Waals surface area contributed by atoms with Gasteiger partial charge < -0.3 is 10.3 Å². The lowest BCUT2D eigenvalue weighted by atomic mass is 10.1. The van der Waals surface area contributed by atoms with Crippen molar-refractivity contribution in [3.8, 4) is 11.3 Å². The fourth-order valence-electron chi connectivity index (χ4n) is 2.35. The van der Waals surface area contributed by atoms with Crippen LogP contribution in [0.4, 0.5) is 10.2 Å². The largest absolute Gasteiger partial charge is 0.383 e. The molecular weight excluding hydrogens is 289 g/mol. The molecule has 0 saturated heterocycles. The Labute approximate surface area is 129 Å². The maximum absolute atomic E-state index is 13.3. The van der Waals surface area contributed by atoms with Crippen LogP contribution in [-0.2, 0) is 13.0 Å². The number of rotatable bonds is 6. The van der Waals surface area contributed by atoms with Gasteiger partial charge in [-0.05, 0) is 31.0 Å². The lowest BCUT2D eigenvalue weighted by Gasteiger charge is -2.08. The fraction of sp³-hybridized carbons (Fsp3) is 0.438. The molecule has 0 aliphatic heterocycles. The normalized spacial score (nSPS) is 11.0. The second-order valence-electron chi connectivity index (χ2n) is 5.15. The third-order valence-corrected chi connectivity index (χ3v) is 3.78. The third-order valence-electron chi connectivity index (χ3n) is 3.49. The summed E-state index contributed by atoms with van der Waals surface area (Å²) in [6.45, 7) is 5.12. The second kappa shape index (κ2) is 6.94. The van der Waals surface area contributed by atoms with E-state index in [1.54, 1.807) is 12.1 Å². The van der Waals surface area contributed by atoms with Gasteiger partial charge in [0.25, 0.3) is 0 Å². The molecule has 0 unspecified atom stereocenters.